The Morgan fingerprint density at radius 2 is 1.43 bits per heavy atom. The van der Waals surface area contributed by atoms with Crippen molar-refractivity contribution in [3.63, 3.8) is 0 Å². The number of rotatable bonds is 0. The minimum atomic E-state index is -0.283. The molecule has 21 heavy (non-hydrogen) atoms. The Kier molecular flexibility index (Phi) is 4.71. The lowest BCUT2D eigenvalue weighted by atomic mass is 9.68. The molecule has 1 aliphatic carbocycles. The van der Waals surface area contributed by atoms with Crippen molar-refractivity contribution in [2.75, 3.05) is 17.3 Å². The molecule has 4 atom stereocenters. The van der Waals surface area contributed by atoms with Gasteiger partial charge in [-0.25, -0.2) is 10.0 Å². The number of hydrogen-bond donors (Lipinski definition) is 0. The standard InChI is InChI=1S/C20H38S/c1-16-10-6-5-7-11-17(2)19-14-18(16)20(3,4)15-21(19)12-8-9-13-21/h16-19H,5-15H2,1-4H3. The van der Waals surface area contributed by atoms with E-state index in [0.717, 1.165) is 23.0 Å². The van der Waals surface area contributed by atoms with E-state index >= 15 is 0 Å². The highest BCUT2D eigenvalue weighted by molar-refractivity contribution is 8.34. The third-order valence-electron chi connectivity index (χ3n) is 7.28. The SMILES string of the molecule is CC1CCCCCC(C)C2CC1C(C)(C)CS21CCCC1. The lowest BCUT2D eigenvalue weighted by molar-refractivity contribution is 0.129. The fourth-order valence-electron chi connectivity index (χ4n) is 6.28. The van der Waals surface area contributed by atoms with Crippen LogP contribution in [0.25, 0.3) is 0 Å². The molecule has 2 bridgehead atoms. The van der Waals surface area contributed by atoms with Gasteiger partial charge in [-0.1, -0.05) is 53.4 Å². The molecule has 124 valence electrons. The fourth-order valence-corrected chi connectivity index (χ4v) is 12.6. The highest BCUT2D eigenvalue weighted by Crippen LogP contribution is 2.69. The van der Waals surface area contributed by atoms with Gasteiger partial charge in [0.2, 0.25) is 0 Å². The van der Waals surface area contributed by atoms with Crippen LogP contribution in [0, 0.1) is 23.2 Å². The first-order chi connectivity index (χ1) is 9.95. The van der Waals surface area contributed by atoms with E-state index in [9.17, 15) is 0 Å². The van der Waals surface area contributed by atoms with Crippen LogP contribution in [0.1, 0.15) is 79.1 Å². The summed E-state index contributed by atoms with van der Waals surface area (Å²) in [7, 11) is -0.283. The molecule has 2 saturated heterocycles. The second-order valence-corrected chi connectivity index (χ2v) is 13.3. The van der Waals surface area contributed by atoms with Crippen molar-refractivity contribution in [1.29, 1.82) is 0 Å². The van der Waals surface area contributed by atoms with Crippen molar-refractivity contribution in [1.82, 2.24) is 0 Å². The Hall–Kier alpha value is 0.350. The second kappa shape index (κ2) is 6.10. The summed E-state index contributed by atoms with van der Waals surface area (Å²) in [5.74, 6) is 7.86. The monoisotopic (exact) mass is 310 g/mol. The van der Waals surface area contributed by atoms with Gasteiger partial charge >= 0.3 is 0 Å². The van der Waals surface area contributed by atoms with Gasteiger partial charge in [-0.3, -0.25) is 0 Å². The molecule has 3 rings (SSSR count). The van der Waals surface area contributed by atoms with E-state index in [1.807, 2.05) is 0 Å². The average Bonchev–Trinajstić information content (AvgIpc) is 2.85. The molecule has 0 aromatic rings. The highest BCUT2D eigenvalue weighted by Gasteiger charge is 2.51. The maximum Gasteiger partial charge on any atom is -0.00828 e. The zero-order chi connectivity index (χ0) is 15.1. The van der Waals surface area contributed by atoms with Gasteiger partial charge in [0.15, 0.2) is 0 Å². The molecule has 4 unspecified atom stereocenters. The third-order valence-corrected chi connectivity index (χ3v) is 12.7. The summed E-state index contributed by atoms with van der Waals surface area (Å²) >= 11 is 0. The molecular weight excluding hydrogens is 272 g/mol. The van der Waals surface area contributed by atoms with Crippen LogP contribution >= 0.6 is 10.0 Å². The molecule has 2 heterocycles. The minimum Gasteiger partial charge on any atom is -0.237 e. The largest absolute Gasteiger partial charge is 0.237 e. The zero-order valence-corrected chi connectivity index (χ0v) is 15.8. The molecule has 0 N–H and O–H groups in total. The van der Waals surface area contributed by atoms with Crippen LogP contribution in [0.15, 0.2) is 0 Å². The van der Waals surface area contributed by atoms with Gasteiger partial charge < -0.3 is 0 Å². The Bertz CT molecular complexity index is 353. The van der Waals surface area contributed by atoms with Crippen molar-refractivity contribution < 1.29 is 0 Å². The summed E-state index contributed by atoms with van der Waals surface area (Å²) < 4.78 is 0. The van der Waals surface area contributed by atoms with Crippen molar-refractivity contribution in [2.24, 2.45) is 23.2 Å². The summed E-state index contributed by atoms with van der Waals surface area (Å²) in [5.41, 5.74) is 0.620. The van der Waals surface area contributed by atoms with Crippen LogP contribution in [0.5, 0.6) is 0 Å². The van der Waals surface area contributed by atoms with E-state index in [2.05, 4.69) is 27.7 Å². The summed E-state index contributed by atoms with van der Waals surface area (Å²) in [6.07, 6.45) is 12.2. The van der Waals surface area contributed by atoms with E-state index in [1.165, 1.54) is 32.1 Å². The van der Waals surface area contributed by atoms with Gasteiger partial charge in [0.1, 0.15) is 0 Å². The zero-order valence-electron chi connectivity index (χ0n) is 15.0. The van der Waals surface area contributed by atoms with Crippen LogP contribution < -0.4 is 0 Å². The van der Waals surface area contributed by atoms with Crippen LogP contribution in [-0.2, 0) is 0 Å². The topological polar surface area (TPSA) is 0 Å². The first-order valence-electron chi connectivity index (χ1n) is 9.70. The molecule has 1 heteroatoms. The minimum absolute atomic E-state index is 0.283. The van der Waals surface area contributed by atoms with E-state index in [4.69, 9.17) is 0 Å². The van der Waals surface area contributed by atoms with E-state index in [-0.39, 0.29) is 10.0 Å². The third kappa shape index (κ3) is 3.06. The molecule has 0 aromatic heterocycles. The lowest BCUT2D eigenvalue weighted by Gasteiger charge is -2.59. The van der Waals surface area contributed by atoms with Crippen molar-refractivity contribution in [3.05, 3.63) is 0 Å². The van der Waals surface area contributed by atoms with E-state index < -0.39 is 0 Å². The first kappa shape index (κ1) is 16.2. The van der Waals surface area contributed by atoms with Gasteiger partial charge in [-0.05, 0) is 71.4 Å². The second-order valence-electron chi connectivity index (χ2n) is 9.33. The molecule has 3 aliphatic rings. The maximum atomic E-state index is 2.63. The quantitative estimate of drug-likeness (QED) is 0.497. The molecule has 0 amide bonds. The summed E-state index contributed by atoms with van der Waals surface area (Å²) in [6, 6.07) is 0. The van der Waals surface area contributed by atoms with Crippen LogP contribution in [-0.4, -0.2) is 22.5 Å². The first-order valence-corrected chi connectivity index (χ1v) is 11.9. The fraction of sp³-hybridized carbons (Fsp3) is 1.00. The van der Waals surface area contributed by atoms with Crippen LogP contribution in [0.4, 0.5) is 0 Å². The van der Waals surface area contributed by atoms with Gasteiger partial charge in [0.05, 0.1) is 0 Å². The molecule has 1 saturated carbocycles. The maximum absolute atomic E-state index is 2.63. The molecule has 1 spiro atoms. The smallest absolute Gasteiger partial charge is 0.00828 e. The van der Waals surface area contributed by atoms with Gasteiger partial charge in [-0.2, -0.15) is 0 Å². The molecule has 0 aromatic carbocycles. The molecular formula is C20H38S. The summed E-state index contributed by atoms with van der Waals surface area (Å²) in [6.45, 7) is 10.5. The van der Waals surface area contributed by atoms with Gasteiger partial charge in [-0.15, -0.1) is 0 Å². The molecule has 2 aliphatic heterocycles. The van der Waals surface area contributed by atoms with Crippen molar-refractivity contribution >= 4 is 10.0 Å². The van der Waals surface area contributed by atoms with Crippen molar-refractivity contribution in [2.45, 2.75) is 84.3 Å². The molecule has 0 nitrogen and oxygen atoms in total. The average molecular weight is 311 g/mol. The predicted octanol–water partition coefficient (Wildman–Crippen LogP) is 6.24. The molecule has 0 radical (unpaired) electrons. The summed E-state index contributed by atoms with van der Waals surface area (Å²) in [4.78, 5) is 0. The normalized spacial score (nSPS) is 44.4. The number of hydrogen-bond acceptors (Lipinski definition) is 0. The van der Waals surface area contributed by atoms with E-state index in [0.29, 0.717) is 5.41 Å². The van der Waals surface area contributed by atoms with Crippen LogP contribution in [0.3, 0.4) is 0 Å². The van der Waals surface area contributed by atoms with Gasteiger partial charge in [0.25, 0.3) is 0 Å². The van der Waals surface area contributed by atoms with E-state index in [1.54, 1.807) is 36.5 Å². The number of fused-ring (bicyclic) bond motifs is 3. The molecule has 3 fully saturated rings. The van der Waals surface area contributed by atoms with Crippen molar-refractivity contribution in [3.8, 4) is 0 Å². The van der Waals surface area contributed by atoms with Gasteiger partial charge in [0, 0.05) is 0 Å². The highest BCUT2D eigenvalue weighted by atomic mass is 32.3. The lowest BCUT2D eigenvalue weighted by Crippen LogP contribution is -2.47. The Morgan fingerprint density at radius 3 is 2.10 bits per heavy atom. The Balaban J connectivity index is 1.91. The Morgan fingerprint density at radius 1 is 0.810 bits per heavy atom. The van der Waals surface area contributed by atoms with Crippen LogP contribution in [0.2, 0.25) is 0 Å². The predicted molar refractivity (Wildman–Crippen MR) is 98.5 cm³/mol. The Labute approximate surface area is 135 Å². The summed E-state index contributed by atoms with van der Waals surface area (Å²) in [5, 5.41) is 1.12.